The van der Waals surface area contributed by atoms with E-state index in [0.29, 0.717) is 6.04 Å². The first-order valence-corrected chi connectivity index (χ1v) is 7.58. The van der Waals surface area contributed by atoms with Crippen LogP contribution in [0.4, 0.5) is 0 Å². The molecule has 1 unspecified atom stereocenters. The number of likely N-dealkylation sites (N-methyl/N-ethyl adjacent to an activating group) is 1. The second-order valence-electron chi connectivity index (χ2n) is 6.12. The molecule has 1 rings (SSSR count). The molecular formula is C15H32N2. The normalized spacial score (nSPS) is 18.7. The van der Waals surface area contributed by atoms with Crippen LogP contribution in [-0.4, -0.2) is 37.1 Å². The standard InChI is InChI=1S/C15H32N2/c1-5-17(12-15-7-6-8-15)14(4)11-16-10-9-13(2)3/h13-16H,5-12H2,1-4H3. The van der Waals surface area contributed by atoms with Crippen LogP contribution >= 0.6 is 0 Å². The van der Waals surface area contributed by atoms with E-state index in [1.54, 1.807) is 0 Å². The summed E-state index contributed by atoms with van der Waals surface area (Å²) in [6, 6.07) is 0.688. The summed E-state index contributed by atoms with van der Waals surface area (Å²) < 4.78 is 0. The van der Waals surface area contributed by atoms with Gasteiger partial charge in [0.25, 0.3) is 0 Å². The number of hydrogen-bond acceptors (Lipinski definition) is 2. The van der Waals surface area contributed by atoms with Crippen LogP contribution in [0.15, 0.2) is 0 Å². The number of hydrogen-bond donors (Lipinski definition) is 1. The average molecular weight is 240 g/mol. The van der Waals surface area contributed by atoms with Crippen molar-refractivity contribution in [1.82, 2.24) is 10.2 Å². The highest BCUT2D eigenvalue weighted by Gasteiger charge is 2.22. The lowest BCUT2D eigenvalue weighted by molar-refractivity contribution is 0.144. The Morgan fingerprint density at radius 2 is 1.94 bits per heavy atom. The van der Waals surface area contributed by atoms with Crippen LogP contribution in [-0.2, 0) is 0 Å². The SMILES string of the molecule is CCN(CC1CCC1)C(C)CNCCC(C)C. The monoisotopic (exact) mass is 240 g/mol. The highest BCUT2D eigenvalue weighted by molar-refractivity contribution is 4.77. The van der Waals surface area contributed by atoms with Gasteiger partial charge in [0.1, 0.15) is 0 Å². The first-order chi connectivity index (χ1) is 8.13. The Balaban J connectivity index is 2.11. The lowest BCUT2D eigenvalue weighted by atomic mass is 9.85. The zero-order valence-corrected chi connectivity index (χ0v) is 12.3. The molecule has 102 valence electrons. The van der Waals surface area contributed by atoms with Crippen LogP contribution in [0.3, 0.4) is 0 Å². The summed E-state index contributed by atoms with van der Waals surface area (Å²) in [7, 11) is 0. The van der Waals surface area contributed by atoms with E-state index < -0.39 is 0 Å². The Bertz CT molecular complexity index is 187. The molecule has 0 amide bonds. The van der Waals surface area contributed by atoms with Gasteiger partial charge in [0, 0.05) is 19.1 Å². The van der Waals surface area contributed by atoms with Gasteiger partial charge in [0.2, 0.25) is 0 Å². The molecule has 0 radical (unpaired) electrons. The van der Waals surface area contributed by atoms with Crippen molar-refractivity contribution in [1.29, 1.82) is 0 Å². The van der Waals surface area contributed by atoms with Gasteiger partial charge in [-0.2, -0.15) is 0 Å². The van der Waals surface area contributed by atoms with Crippen LogP contribution in [0.1, 0.15) is 53.4 Å². The van der Waals surface area contributed by atoms with E-state index in [9.17, 15) is 0 Å². The van der Waals surface area contributed by atoms with Gasteiger partial charge in [-0.05, 0) is 51.1 Å². The molecule has 0 spiro atoms. The molecule has 1 fully saturated rings. The third-order valence-corrected chi connectivity index (χ3v) is 4.09. The van der Waals surface area contributed by atoms with E-state index in [0.717, 1.165) is 18.4 Å². The first-order valence-electron chi connectivity index (χ1n) is 7.58. The molecule has 1 saturated carbocycles. The van der Waals surface area contributed by atoms with E-state index in [2.05, 4.69) is 37.9 Å². The van der Waals surface area contributed by atoms with Gasteiger partial charge in [-0.25, -0.2) is 0 Å². The molecular weight excluding hydrogens is 208 g/mol. The highest BCUT2D eigenvalue weighted by atomic mass is 15.2. The Morgan fingerprint density at radius 1 is 1.24 bits per heavy atom. The minimum atomic E-state index is 0.688. The van der Waals surface area contributed by atoms with Gasteiger partial charge in [-0.3, -0.25) is 4.90 Å². The lowest BCUT2D eigenvalue weighted by Gasteiger charge is -2.35. The number of rotatable bonds is 9. The smallest absolute Gasteiger partial charge is 0.0192 e. The quantitative estimate of drug-likeness (QED) is 0.623. The highest BCUT2D eigenvalue weighted by Crippen LogP contribution is 2.27. The van der Waals surface area contributed by atoms with Crippen LogP contribution in [0.2, 0.25) is 0 Å². The van der Waals surface area contributed by atoms with Crippen molar-refractivity contribution < 1.29 is 0 Å². The van der Waals surface area contributed by atoms with Crippen LogP contribution in [0, 0.1) is 11.8 Å². The van der Waals surface area contributed by atoms with Crippen LogP contribution in [0.25, 0.3) is 0 Å². The fourth-order valence-electron chi connectivity index (χ4n) is 2.46. The van der Waals surface area contributed by atoms with E-state index in [-0.39, 0.29) is 0 Å². The first kappa shape index (κ1) is 15.0. The van der Waals surface area contributed by atoms with Gasteiger partial charge in [-0.1, -0.05) is 27.2 Å². The molecule has 1 aliphatic carbocycles. The zero-order chi connectivity index (χ0) is 12.7. The zero-order valence-electron chi connectivity index (χ0n) is 12.3. The van der Waals surface area contributed by atoms with Gasteiger partial charge in [-0.15, -0.1) is 0 Å². The molecule has 17 heavy (non-hydrogen) atoms. The van der Waals surface area contributed by atoms with Crippen molar-refractivity contribution in [3.8, 4) is 0 Å². The third kappa shape index (κ3) is 5.87. The van der Waals surface area contributed by atoms with E-state index >= 15 is 0 Å². The molecule has 1 aliphatic rings. The van der Waals surface area contributed by atoms with Gasteiger partial charge >= 0.3 is 0 Å². The summed E-state index contributed by atoms with van der Waals surface area (Å²) in [4.78, 5) is 2.65. The Hall–Kier alpha value is -0.0800. The Morgan fingerprint density at radius 3 is 2.41 bits per heavy atom. The Kier molecular flexibility index (Phi) is 7.14. The van der Waals surface area contributed by atoms with Crippen LogP contribution < -0.4 is 5.32 Å². The maximum atomic E-state index is 3.60. The van der Waals surface area contributed by atoms with Crippen LogP contribution in [0.5, 0.6) is 0 Å². The van der Waals surface area contributed by atoms with Crippen molar-refractivity contribution in [3.63, 3.8) is 0 Å². The molecule has 2 nitrogen and oxygen atoms in total. The summed E-state index contributed by atoms with van der Waals surface area (Å²) >= 11 is 0. The van der Waals surface area contributed by atoms with Gasteiger partial charge in [0.05, 0.1) is 0 Å². The molecule has 0 aromatic rings. The average Bonchev–Trinajstić information content (AvgIpc) is 2.22. The summed E-state index contributed by atoms with van der Waals surface area (Å²) in [5.74, 6) is 1.81. The summed E-state index contributed by atoms with van der Waals surface area (Å²) in [5.41, 5.74) is 0. The number of nitrogens with one attached hydrogen (secondary N) is 1. The van der Waals surface area contributed by atoms with E-state index in [1.165, 1.54) is 45.3 Å². The fraction of sp³-hybridized carbons (Fsp3) is 1.00. The summed E-state index contributed by atoms with van der Waals surface area (Å²) in [5, 5.41) is 3.60. The van der Waals surface area contributed by atoms with E-state index in [1.807, 2.05) is 0 Å². The molecule has 0 aromatic carbocycles. The maximum absolute atomic E-state index is 3.60. The molecule has 0 aromatic heterocycles. The Labute approximate surface area is 108 Å². The molecule has 1 N–H and O–H groups in total. The third-order valence-electron chi connectivity index (χ3n) is 4.09. The van der Waals surface area contributed by atoms with Crippen molar-refractivity contribution in [3.05, 3.63) is 0 Å². The predicted molar refractivity (Wildman–Crippen MR) is 76.4 cm³/mol. The van der Waals surface area contributed by atoms with Crippen molar-refractivity contribution in [2.75, 3.05) is 26.2 Å². The summed E-state index contributed by atoms with van der Waals surface area (Å²) in [6.45, 7) is 14.1. The van der Waals surface area contributed by atoms with Crippen molar-refractivity contribution in [2.45, 2.75) is 59.4 Å². The van der Waals surface area contributed by atoms with E-state index in [4.69, 9.17) is 0 Å². The minimum absolute atomic E-state index is 0.688. The second-order valence-corrected chi connectivity index (χ2v) is 6.12. The molecule has 0 heterocycles. The molecule has 0 bridgehead atoms. The second kappa shape index (κ2) is 8.10. The van der Waals surface area contributed by atoms with Gasteiger partial charge < -0.3 is 5.32 Å². The largest absolute Gasteiger partial charge is 0.315 e. The summed E-state index contributed by atoms with van der Waals surface area (Å²) in [6.07, 6.45) is 5.68. The fourth-order valence-corrected chi connectivity index (χ4v) is 2.46. The predicted octanol–water partition coefficient (Wildman–Crippen LogP) is 3.13. The molecule has 0 aliphatic heterocycles. The maximum Gasteiger partial charge on any atom is 0.0192 e. The van der Waals surface area contributed by atoms with Gasteiger partial charge in [0.15, 0.2) is 0 Å². The molecule has 1 atom stereocenters. The van der Waals surface area contributed by atoms with Crippen molar-refractivity contribution >= 4 is 0 Å². The topological polar surface area (TPSA) is 15.3 Å². The van der Waals surface area contributed by atoms with Crippen molar-refractivity contribution in [2.24, 2.45) is 11.8 Å². The molecule has 0 saturated heterocycles. The lowest BCUT2D eigenvalue weighted by Crippen LogP contribution is -2.44. The molecule has 2 heteroatoms. The number of nitrogens with zero attached hydrogens (tertiary/aromatic N) is 1. The minimum Gasteiger partial charge on any atom is -0.315 e.